The van der Waals surface area contributed by atoms with Gasteiger partial charge in [0, 0.05) is 5.75 Å². The first-order chi connectivity index (χ1) is 15.2. The van der Waals surface area contributed by atoms with Crippen molar-refractivity contribution in [3.8, 4) is 11.5 Å². The molecule has 0 amide bonds. The van der Waals surface area contributed by atoms with Gasteiger partial charge >= 0.3 is 5.97 Å². The van der Waals surface area contributed by atoms with Crippen molar-refractivity contribution in [2.45, 2.75) is 12.7 Å². The zero-order valence-electron chi connectivity index (χ0n) is 17.1. The lowest BCUT2D eigenvalue weighted by Crippen LogP contribution is -2.09. The maximum Gasteiger partial charge on any atom is 0.343 e. The van der Waals surface area contributed by atoms with Crippen molar-refractivity contribution in [2.75, 3.05) is 6.61 Å². The van der Waals surface area contributed by atoms with E-state index >= 15 is 0 Å². The quantitative estimate of drug-likeness (QED) is 0.180. The lowest BCUT2D eigenvalue weighted by atomic mass is 10.2. The van der Waals surface area contributed by atoms with Crippen LogP contribution in [0.3, 0.4) is 0 Å². The molecule has 0 aliphatic rings. The number of esters is 1. The molecule has 0 heterocycles. The van der Waals surface area contributed by atoms with Gasteiger partial charge in [0.05, 0.1) is 18.4 Å². The fraction of sp³-hybridized carbons (Fsp3) is 0.125. The first-order valence-corrected chi connectivity index (χ1v) is 10.7. The molecule has 0 saturated carbocycles. The van der Waals surface area contributed by atoms with Crippen molar-refractivity contribution < 1.29 is 14.3 Å². The van der Waals surface area contributed by atoms with Gasteiger partial charge in [-0.2, -0.15) is 5.10 Å². The van der Waals surface area contributed by atoms with E-state index < -0.39 is 5.97 Å². The summed E-state index contributed by atoms with van der Waals surface area (Å²) in [4.78, 5) is 12.3. The number of amidine groups is 1. The minimum absolute atomic E-state index is 0.342. The van der Waals surface area contributed by atoms with E-state index in [1.54, 1.807) is 48.7 Å². The van der Waals surface area contributed by atoms with Crippen LogP contribution in [0.1, 0.15) is 28.4 Å². The highest BCUT2D eigenvalue weighted by atomic mass is 32.2. The summed E-state index contributed by atoms with van der Waals surface area (Å²) in [6.07, 6.45) is 1.57. The lowest BCUT2D eigenvalue weighted by Gasteiger charge is -2.11. The number of carbonyl (C=O) groups is 1. The molecule has 31 heavy (non-hydrogen) atoms. The standard InChI is InChI=1S/C24H23N3O3S/c1-2-29-22-15-19(13-14-21(22)30-23(28)20-11-7-4-8-12-20)16-26-27-24(25)31-17-18-9-5-3-6-10-18/h3-16H,2,17H2,1H3,(H2,25,27). The van der Waals surface area contributed by atoms with Crippen LogP contribution in [-0.2, 0) is 5.75 Å². The number of benzene rings is 3. The van der Waals surface area contributed by atoms with Gasteiger partial charge in [-0.1, -0.05) is 60.3 Å². The topological polar surface area (TPSA) is 86.3 Å². The zero-order chi connectivity index (χ0) is 21.9. The highest BCUT2D eigenvalue weighted by Gasteiger charge is 2.12. The second kappa shape index (κ2) is 11.6. The molecular weight excluding hydrogens is 410 g/mol. The molecule has 3 aromatic rings. The highest BCUT2D eigenvalue weighted by molar-refractivity contribution is 8.13. The van der Waals surface area contributed by atoms with Gasteiger partial charge in [-0.05, 0) is 48.4 Å². The molecule has 3 aromatic carbocycles. The minimum atomic E-state index is -0.448. The van der Waals surface area contributed by atoms with Crippen LogP contribution in [0, 0.1) is 0 Å². The molecule has 158 valence electrons. The van der Waals surface area contributed by atoms with Crippen molar-refractivity contribution in [2.24, 2.45) is 15.9 Å². The maximum atomic E-state index is 12.3. The minimum Gasteiger partial charge on any atom is -0.490 e. The normalized spacial score (nSPS) is 11.5. The average Bonchev–Trinajstić information content (AvgIpc) is 2.80. The Morgan fingerprint density at radius 2 is 1.71 bits per heavy atom. The predicted octanol–water partition coefficient (Wildman–Crippen LogP) is 4.89. The maximum absolute atomic E-state index is 12.3. The summed E-state index contributed by atoms with van der Waals surface area (Å²) in [6, 6.07) is 24.0. The van der Waals surface area contributed by atoms with E-state index in [0.29, 0.717) is 28.8 Å². The molecule has 3 rings (SSSR count). The van der Waals surface area contributed by atoms with Crippen LogP contribution >= 0.6 is 11.8 Å². The van der Waals surface area contributed by atoms with Gasteiger partial charge in [0.2, 0.25) is 0 Å². The zero-order valence-corrected chi connectivity index (χ0v) is 17.9. The molecule has 0 unspecified atom stereocenters. The van der Waals surface area contributed by atoms with Crippen LogP contribution in [0.2, 0.25) is 0 Å². The Balaban J connectivity index is 1.64. The van der Waals surface area contributed by atoms with E-state index in [4.69, 9.17) is 15.2 Å². The van der Waals surface area contributed by atoms with Gasteiger partial charge in [0.1, 0.15) is 0 Å². The van der Waals surface area contributed by atoms with Crippen LogP contribution in [-0.4, -0.2) is 24.0 Å². The second-order valence-electron chi connectivity index (χ2n) is 6.35. The third-order valence-electron chi connectivity index (χ3n) is 4.07. The number of nitrogens with zero attached hydrogens (tertiary/aromatic N) is 2. The Morgan fingerprint density at radius 3 is 2.42 bits per heavy atom. The summed E-state index contributed by atoms with van der Waals surface area (Å²) < 4.78 is 11.1. The second-order valence-corrected chi connectivity index (χ2v) is 7.35. The molecule has 0 aliphatic heterocycles. The van der Waals surface area contributed by atoms with Crippen molar-refractivity contribution in [1.29, 1.82) is 0 Å². The van der Waals surface area contributed by atoms with Gasteiger partial charge in [-0.3, -0.25) is 0 Å². The molecule has 0 radical (unpaired) electrons. The molecule has 0 spiro atoms. The van der Waals surface area contributed by atoms with E-state index in [-0.39, 0.29) is 0 Å². The molecular formula is C24H23N3O3S. The van der Waals surface area contributed by atoms with Crippen LogP contribution in [0.25, 0.3) is 0 Å². The fourth-order valence-corrected chi connectivity index (χ4v) is 3.22. The van der Waals surface area contributed by atoms with Crippen molar-refractivity contribution >= 4 is 29.1 Å². The monoisotopic (exact) mass is 433 g/mol. The third kappa shape index (κ3) is 7.01. The summed E-state index contributed by atoms with van der Waals surface area (Å²) in [5, 5.41) is 8.44. The van der Waals surface area contributed by atoms with Gasteiger partial charge in [0.25, 0.3) is 0 Å². The third-order valence-corrected chi connectivity index (χ3v) is 4.93. The first-order valence-electron chi connectivity index (χ1n) is 9.73. The van der Waals surface area contributed by atoms with Crippen LogP contribution in [0.15, 0.2) is 89.1 Å². The molecule has 0 bridgehead atoms. The molecule has 0 aliphatic carbocycles. The van der Waals surface area contributed by atoms with Crippen LogP contribution in [0.4, 0.5) is 0 Å². The number of carbonyl (C=O) groups excluding carboxylic acids is 1. The first kappa shape index (κ1) is 22.1. The van der Waals surface area contributed by atoms with Crippen molar-refractivity contribution in [1.82, 2.24) is 0 Å². The Hall–Kier alpha value is -3.58. The van der Waals surface area contributed by atoms with Crippen LogP contribution in [0.5, 0.6) is 11.5 Å². The lowest BCUT2D eigenvalue weighted by molar-refractivity contribution is 0.0728. The van der Waals surface area contributed by atoms with Gasteiger partial charge < -0.3 is 15.2 Å². The number of thioether (sulfide) groups is 1. The number of rotatable bonds is 8. The summed E-state index contributed by atoms with van der Waals surface area (Å²) in [5.41, 5.74) is 8.29. The number of nitrogens with two attached hydrogens (primary N) is 1. The predicted molar refractivity (Wildman–Crippen MR) is 126 cm³/mol. The summed E-state index contributed by atoms with van der Waals surface area (Å²) >= 11 is 1.41. The smallest absolute Gasteiger partial charge is 0.343 e. The average molecular weight is 434 g/mol. The van der Waals surface area contributed by atoms with Crippen LogP contribution < -0.4 is 15.2 Å². The van der Waals surface area contributed by atoms with Gasteiger partial charge in [-0.25, -0.2) is 4.79 Å². The molecule has 6 nitrogen and oxygen atoms in total. The molecule has 0 atom stereocenters. The van der Waals surface area contributed by atoms with E-state index in [0.717, 1.165) is 16.9 Å². The van der Waals surface area contributed by atoms with Crippen molar-refractivity contribution in [3.05, 3.63) is 95.6 Å². The number of ether oxygens (including phenoxy) is 2. The number of hydrogen-bond donors (Lipinski definition) is 1. The molecule has 2 N–H and O–H groups in total. The Bertz CT molecular complexity index is 1050. The molecule has 0 saturated heterocycles. The molecule has 7 heteroatoms. The molecule has 0 fully saturated rings. The fourth-order valence-electron chi connectivity index (χ4n) is 2.60. The Morgan fingerprint density at radius 1 is 1.00 bits per heavy atom. The van der Waals surface area contributed by atoms with Crippen molar-refractivity contribution in [3.63, 3.8) is 0 Å². The largest absolute Gasteiger partial charge is 0.490 e. The highest BCUT2D eigenvalue weighted by Crippen LogP contribution is 2.29. The summed E-state index contributed by atoms with van der Waals surface area (Å²) in [5.74, 6) is 1.07. The van der Waals surface area contributed by atoms with E-state index in [1.807, 2.05) is 43.3 Å². The van der Waals surface area contributed by atoms with E-state index in [1.165, 1.54) is 11.8 Å². The molecule has 0 aromatic heterocycles. The Labute approximate surface area is 185 Å². The van der Waals surface area contributed by atoms with Gasteiger partial charge in [0.15, 0.2) is 16.7 Å². The number of hydrogen-bond acceptors (Lipinski definition) is 6. The SMILES string of the molecule is CCOc1cc(C=NN=C(N)SCc2ccccc2)ccc1OC(=O)c1ccccc1. The summed E-state index contributed by atoms with van der Waals surface area (Å²) in [7, 11) is 0. The van der Waals surface area contributed by atoms with E-state index in [2.05, 4.69) is 10.2 Å². The Kier molecular flexibility index (Phi) is 8.25. The van der Waals surface area contributed by atoms with Gasteiger partial charge in [-0.15, -0.1) is 5.10 Å². The summed E-state index contributed by atoms with van der Waals surface area (Å²) in [6.45, 7) is 2.29. The van der Waals surface area contributed by atoms with E-state index in [9.17, 15) is 4.79 Å².